The van der Waals surface area contributed by atoms with E-state index in [9.17, 15) is 4.79 Å². The highest BCUT2D eigenvalue weighted by Gasteiger charge is 2.33. The lowest BCUT2D eigenvalue weighted by atomic mass is 9.99. The number of rotatable bonds is 2. The van der Waals surface area contributed by atoms with Crippen molar-refractivity contribution in [2.24, 2.45) is 0 Å². The van der Waals surface area contributed by atoms with E-state index in [1.54, 1.807) is 11.3 Å². The lowest BCUT2D eigenvalue weighted by molar-refractivity contribution is 0.0367. The van der Waals surface area contributed by atoms with Gasteiger partial charge in [0.2, 0.25) is 5.89 Å². The molecule has 0 aromatic carbocycles. The first-order chi connectivity index (χ1) is 11.2. The number of amides is 1. The maximum Gasteiger partial charge on any atom is 0.276 e. The van der Waals surface area contributed by atoms with Gasteiger partial charge in [0.25, 0.3) is 5.91 Å². The summed E-state index contributed by atoms with van der Waals surface area (Å²) in [5.74, 6) is 1.18. The summed E-state index contributed by atoms with van der Waals surface area (Å²) in [6.45, 7) is 5.59. The van der Waals surface area contributed by atoms with E-state index in [0.717, 1.165) is 24.5 Å². The molecule has 4 rings (SSSR count). The molecule has 0 radical (unpaired) electrons. The fourth-order valence-electron chi connectivity index (χ4n) is 3.59. The molecular formula is C17H21N3O2S. The van der Waals surface area contributed by atoms with Crippen molar-refractivity contribution >= 4 is 17.2 Å². The van der Waals surface area contributed by atoms with Crippen molar-refractivity contribution < 1.29 is 9.21 Å². The monoisotopic (exact) mass is 331 g/mol. The summed E-state index contributed by atoms with van der Waals surface area (Å²) in [5.41, 5.74) is 0.470. The van der Waals surface area contributed by atoms with E-state index in [-0.39, 0.29) is 5.91 Å². The Bertz CT molecular complexity index is 695. The number of aryl methyl sites for hydroxylation is 1. The fourth-order valence-corrected chi connectivity index (χ4v) is 4.24. The first kappa shape index (κ1) is 14.9. The smallest absolute Gasteiger partial charge is 0.276 e. The van der Waals surface area contributed by atoms with E-state index < -0.39 is 0 Å². The first-order valence-corrected chi connectivity index (χ1v) is 9.15. The van der Waals surface area contributed by atoms with Crippen molar-refractivity contribution in [3.63, 3.8) is 0 Å². The predicted octanol–water partition coefficient (Wildman–Crippen LogP) is 3.02. The number of hydrogen-bond donors (Lipinski definition) is 0. The van der Waals surface area contributed by atoms with E-state index in [1.807, 2.05) is 29.3 Å². The van der Waals surface area contributed by atoms with Crippen molar-refractivity contribution in [3.8, 4) is 10.8 Å². The Hall–Kier alpha value is -1.66. The third kappa shape index (κ3) is 2.81. The summed E-state index contributed by atoms with van der Waals surface area (Å²) in [6, 6.07) is 4.44. The number of aromatic nitrogens is 1. The second-order valence-electron chi connectivity index (χ2n) is 6.34. The Morgan fingerprint density at radius 3 is 3.09 bits per heavy atom. The molecule has 0 spiro atoms. The molecule has 2 saturated heterocycles. The van der Waals surface area contributed by atoms with Crippen LogP contribution in [0.5, 0.6) is 0 Å². The minimum atomic E-state index is 0.0132. The molecule has 0 unspecified atom stereocenters. The second-order valence-corrected chi connectivity index (χ2v) is 7.29. The quantitative estimate of drug-likeness (QED) is 0.849. The summed E-state index contributed by atoms with van der Waals surface area (Å²) < 4.78 is 5.72. The van der Waals surface area contributed by atoms with Crippen molar-refractivity contribution in [1.82, 2.24) is 14.8 Å². The zero-order valence-electron chi connectivity index (χ0n) is 13.3. The molecule has 6 heteroatoms. The Balaban J connectivity index is 1.53. The van der Waals surface area contributed by atoms with Gasteiger partial charge in [0.15, 0.2) is 5.69 Å². The molecular weight excluding hydrogens is 310 g/mol. The van der Waals surface area contributed by atoms with Crippen molar-refractivity contribution in [2.45, 2.75) is 32.2 Å². The molecule has 0 bridgehead atoms. The number of carbonyl (C=O) groups is 1. The van der Waals surface area contributed by atoms with Gasteiger partial charge in [-0.2, -0.15) is 0 Å². The van der Waals surface area contributed by atoms with Crippen LogP contribution in [-0.2, 0) is 0 Å². The van der Waals surface area contributed by atoms with Gasteiger partial charge in [-0.05, 0) is 37.8 Å². The van der Waals surface area contributed by atoms with Crippen LogP contribution >= 0.6 is 11.3 Å². The van der Waals surface area contributed by atoms with Crippen LogP contribution < -0.4 is 0 Å². The molecule has 2 aromatic heterocycles. The van der Waals surface area contributed by atoms with Gasteiger partial charge >= 0.3 is 0 Å². The molecule has 2 fully saturated rings. The molecule has 1 atom stereocenters. The molecule has 23 heavy (non-hydrogen) atoms. The van der Waals surface area contributed by atoms with E-state index in [4.69, 9.17) is 4.42 Å². The molecule has 5 nitrogen and oxygen atoms in total. The number of nitrogens with zero attached hydrogens (tertiary/aromatic N) is 3. The molecule has 2 aliphatic rings. The van der Waals surface area contributed by atoms with Crippen LogP contribution in [0, 0.1) is 6.92 Å². The molecule has 122 valence electrons. The maximum absolute atomic E-state index is 12.9. The second kappa shape index (κ2) is 6.09. The van der Waals surface area contributed by atoms with Gasteiger partial charge in [-0.15, -0.1) is 11.3 Å². The molecule has 2 aromatic rings. The normalized spacial score (nSPS) is 22.1. The van der Waals surface area contributed by atoms with Gasteiger partial charge < -0.3 is 9.32 Å². The van der Waals surface area contributed by atoms with Crippen LogP contribution in [-0.4, -0.2) is 52.9 Å². The number of hydrogen-bond acceptors (Lipinski definition) is 5. The SMILES string of the molecule is Cc1oc(-c2cccs2)nc1C(=O)N1CCN2CCCC[C@@H]2C1. The largest absolute Gasteiger partial charge is 0.440 e. The molecule has 0 N–H and O–H groups in total. The summed E-state index contributed by atoms with van der Waals surface area (Å²) in [5, 5.41) is 1.98. The molecule has 1 amide bonds. The van der Waals surface area contributed by atoms with Crippen molar-refractivity contribution in [3.05, 3.63) is 29.0 Å². The minimum Gasteiger partial charge on any atom is -0.440 e. The summed E-state index contributed by atoms with van der Waals surface area (Å²) >= 11 is 1.57. The topological polar surface area (TPSA) is 49.6 Å². The zero-order valence-corrected chi connectivity index (χ0v) is 14.1. The summed E-state index contributed by atoms with van der Waals surface area (Å²) in [6.07, 6.45) is 3.76. The Labute approximate surface area is 139 Å². The third-order valence-corrected chi connectivity index (χ3v) is 5.71. The minimum absolute atomic E-state index is 0.0132. The summed E-state index contributed by atoms with van der Waals surface area (Å²) in [7, 11) is 0. The average Bonchev–Trinajstić information content (AvgIpc) is 3.23. The summed E-state index contributed by atoms with van der Waals surface area (Å²) in [4.78, 5) is 22.8. The number of piperidine rings is 1. The lowest BCUT2D eigenvalue weighted by Crippen LogP contribution is -2.56. The zero-order chi connectivity index (χ0) is 15.8. The average molecular weight is 331 g/mol. The number of piperazine rings is 1. The van der Waals surface area contributed by atoms with Gasteiger partial charge in [-0.25, -0.2) is 4.98 Å². The third-order valence-electron chi connectivity index (χ3n) is 4.86. The predicted molar refractivity (Wildman–Crippen MR) is 89.7 cm³/mol. The van der Waals surface area contributed by atoms with Gasteiger partial charge in [0, 0.05) is 25.7 Å². The number of thiophene rings is 1. The molecule has 2 aliphatic heterocycles. The van der Waals surface area contributed by atoms with Crippen LogP contribution in [0.15, 0.2) is 21.9 Å². The highest BCUT2D eigenvalue weighted by atomic mass is 32.1. The fraction of sp³-hybridized carbons (Fsp3) is 0.529. The van der Waals surface area contributed by atoms with Crippen LogP contribution in [0.4, 0.5) is 0 Å². The van der Waals surface area contributed by atoms with E-state index in [1.165, 1.54) is 25.8 Å². The highest BCUT2D eigenvalue weighted by Crippen LogP contribution is 2.27. The molecule has 0 aliphatic carbocycles. The van der Waals surface area contributed by atoms with E-state index >= 15 is 0 Å². The first-order valence-electron chi connectivity index (χ1n) is 8.27. The molecule has 0 saturated carbocycles. The van der Waals surface area contributed by atoms with Gasteiger partial charge in [0.05, 0.1) is 4.88 Å². The standard InChI is InChI=1S/C17H21N3O2S/c1-12-15(18-16(22-12)14-6-4-10-23-14)17(21)20-9-8-19-7-3-2-5-13(19)11-20/h4,6,10,13H,2-3,5,7-9,11H2,1H3/t13-/m1/s1. The van der Waals surface area contributed by atoms with Crippen LogP contribution in [0.25, 0.3) is 10.8 Å². The Morgan fingerprint density at radius 1 is 1.35 bits per heavy atom. The van der Waals surface area contributed by atoms with Crippen molar-refractivity contribution in [2.75, 3.05) is 26.2 Å². The van der Waals surface area contributed by atoms with Gasteiger partial charge in [-0.3, -0.25) is 9.69 Å². The van der Waals surface area contributed by atoms with E-state index in [0.29, 0.717) is 23.4 Å². The van der Waals surface area contributed by atoms with Crippen molar-refractivity contribution in [1.29, 1.82) is 0 Å². The Kier molecular flexibility index (Phi) is 3.95. The van der Waals surface area contributed by atoms with Gasteiger partial charge in [0.1, 0.15) is 5.76 Å². The van der Waals surface area contributed by atoms with Crippen LogP contribution in [0.2, 0.25) is 0 Å². The van der Waals surface area contributed by atoms with E-state index in [2.05, 4.69) is 9.88 Å². The number of oxazole rings is 1. The Morgan fingerprint density at radius 2 is 2.26 bits per heavy atom. The molecule has 4 heterocycles. The van der Waals surface area contributed by atoms with Crippen LogP contribution in [0.3, 0.4) is 0 Å². The van der Waals surface area contributed by atoms with Crippen LogP contribution in [0.1, 0.15) is 35.5 Å². The lowest BCUT2D eigenvalue weighted by Gasteiger charge is -2.43. The van der Waals surface area contributed by atoms with Gasteiger partial charge in [-0.1, -0.05) is 12.5 Å². The number of carbonyl (C=O) groups excluding carboxylic acids is 1. The maximum atomic E-state index is 12.9. The number of fused-ring (bicyclic) bond motifs is 1. The highest BCUT2D eigenvalue weighted by molar-refractivity contribution is 7.13.